The van der Waals surface area contributed by atoms with Gasteiger partial charge in [-0.1, -0.05) is 6.92 Å². The van der Waals surface area contributed by atoms with Gasteiger partial charge in [0.25, 0.3) is 5.79 Å². The number of esters is 2. The van der Waals surface area contributed by atoms with Gasteiger partial charge in [0.15, 0.2) is 5.78 Å². The van der Waals surface area contributed by atoms with Crippen LogP contribution in [-0.2, 0) is 23.9 Å². The Hall–Kier alpha value is -1.85. The molecule has 0 aromatic carbocycles. The molecule has 106 valence electrons. The van der Waals surface area contributed by atoms with Crippen molar-refractivity contribution in [1.29, 1.82) is 0 Å². The van der Waals surface area contributed by atoms with Crippen molar-refractivity contribution in [3.8, 4) is 0 Å². The van der Waals surface area contributed by atoms with Gasteiger partial charge in [0.05, 0.1) is 0 Å². The predicted molar refractivity (Wildman–Crippen MR) is 66.8 cm³/mol. The van der Waals surface area contributed by atoms with Crippen molar-refractivity contribution in [2.24, 2.45) is 5.92 Å². The molecule has 0 radical (unpaired) electrons. The third-order valence-electron chi connectivity index (χ3n) is 2.46. The van der Waals surface area contributed by atoms with Crippen molar-refractivity contribution >= 4 is 17.7 Å². The molecular weight excluding hydrogens is 250 g/mol. The molecule has 6 nitrogen and oxygen atoms in total. The van der Waals surface area contributed by atoms with Gasteiger partial charge >= 0.3 is 11.9 Å². The predicted octanol–water partition coefficient (Wildman–Crippen LogP) is 0.911. The van der Waals surface area contributed by atoms with Gasteiger partial charge in [-0.05, 0) is 13.3 Å². The number of ketones is 1. The molecule has 0 atom stereocenters. The maximum absolute atomic E-state index is 11.9. The van der Waals surface area contributed by atoms with E-state index in [1.807, 2.05) is 6.92 Å². The average Bonchev–Trinajstić information content (AvgIpc) is 2.23. The summed E-state index contributed by atoms with van der Waals surface area (Å²) in [5, 5.41) is 2.98. The lowest BCUT2D eigenvalue weighted by atomic mass is 10.0. The molecule has 1 rings (SSSR count). The molecule has 1 N–H and O–H groups in total. The van der Waals surface area contributed by atoms with Crippen LogP contribution in [0.25, 0.3) is 0 Å². The standard InChI is InChI=1S/C13H19NO5/c1-5-6-14-8(2)7-9(15)10-11(16)18-13(3,4)19-12(10)17/h7,10,14H,5-6H2,1-4H3/b8-7-. The second-order valence-electron chi connectivity index (χ2n) is 4.83. The second-order valence-corrected chi connectivity index (χ2v) is 4.83. The minimum Gasteiger partial charge on any atom is -0.422 e. The van der Waals surface area contributed by atoms with E-state index >= 15 is 0 Å². The Balaban J connectivity index is 2.77. The third-order valence-corrected chi connectivity index (χ3v) is 2.46. The summed E-state index contributed by atoms with van der Waals surface area (Å²) in [6, 6.07) is 0. The topological polar surface area (TPSA) is 81.7 Å². The van der Waals surface area contributed by atoms with Crippen LogP contribution in [0, 0.1) is 5.92 Å². The van der Waals surface area contributed by atoms with Gasteiger partial charge in [0.1, 0.15) is 0 Å². The molecular formula is C13H19NO5. The fourth-order valence-corrected chi connectivity index (χ4v) is 1.62. The zero-order valence-electron chi connectivity index (χ0n) is 11.6. The number of hydrogen-bond acceptors (Lipinski definition) is 6. The average molecular weight is 269 g/mol. The highest BCUT2D eigenvalue weighted by Gasteiger charge is 2.46. The summed E-state index contributed by atoms with van der Waals surface area (Å²) >= 11 is 0. The van der Waals surface area contributed by atoms with Crippen LogP contribution in [-0.4, -0.2) is 30.1 Å². The fraction of sp³-hybridized carbons (Fsp3) is 0.615. The first-order valence-electron chi connectivity index (χ1n) is 6.18. The van der Waals surface area contributed by atoms with Crippen LogP contribution in [0.4, 0.5) is 0 Å². The van der Waals surface area contributed by atoms with Crippen molar-refractivity contribution in [3.05, 3.63) is 11.8 Å². The van der Waals surface area contributed by atoms with Gasteiger partial charge in [-0.25, -0.2) is 0 Å². The lowest BCUT2D eigenvalue weighted by molar-refractivity contribution is -0.238. The summed E-state index contributed by atoms with van der Waals surface area (Å²) in [4.78, 5) is 35.2. The molecule has 1 heterocycles. The van der Waals surface area contributed by atoms with E-state index in [-0.39, 0.29) is 0 Å². The molecule has 0 bridgehead atoms. The van der Waals surface area contributed by atoms with Crippen LogP contribution in [0.3, 0.4) is 0 Å². The van der Waals surface area contributed by atoms with Gasteiger partial charge in [-0.3, -0.25) is 14.4 Å². The zero-order valence-corrected chi connectivity index (χ0v) is 11.6. The SMILES string of the molecule is CCCN/C(C)=C\C(=O)C1C(=O)OC(C)(C)OC1=O. The monoisotopic (exact) mass is 269 g/mol. The Morgan fingerprint density at radius 1 is 1.32 bits per heavy atom. The highest BCUT2D eigenvalue weighted by Crippen LogP contribution is 2.23. The Morgan fingerprint density at radius 3 is 2.32 bits per heavy atom. The van der Waals surface area contributed by atoms with Gasteiger partial charge in [-0.15, -0.1) is 0 Å². The van der Waals surface area contributed by atoms with E-state index in [9.17, 15) is 14.4 Å². The number of cyclic esters (lactones) is 2. The molecule has 0 saturated carbocycles. The van der Waals surface area contributed by atoms with Gasteiger partial charge < -0.3 is 14.8 Å². The van der Waals surface area contributed by atoms with Crippen molar-refractivity contribution in [3.63, 3.8) is 0 Å². The number of hydrogen-bond donors (Lipinski definition) is 1. The number of allylic oxidation sites excluding steroid dienone is 2. The first-order chi connectivity index (χ1) is 8.76. The number of carbonyl (C=O) groups is 3. The van der Waals surface area contributed by atoms with Crippen LogP contribution < -0.4 is 5.32 Å². The summed E-state index contributed by atoms with van der Waals surface area (Å²) in [5.74, 6) is -5.21. The van der Waals surface area contributed by atoms with Crippen LogP contribution in [0.5, 0.6) is 0 Å². The van der Waals surface area contributed by atoms with E-state index in [0.29, 0.717) is 12.2 Å². The molecule has 1 aliphatic rings. The number of ether oxygens (including phenoxy) is 2. The van der Waals surface area contributed by atoms with Gasteiger partial charge in [0.2, 0.25) is 5.92 Å². The van der Waals surface area contributed by atoms with Crippen molar-refractivity contribution < 1.29 is 23.9 Å². The van der Waals surface area contributed by atoms with E-state index in [2.05, 4.69) is 5.32 Å². The highest BCUT2D eigenvalue weighted by atomic mass is 16.7. The molecule has 1 fully saturated rings. The normalized spacial score (nSPS) is 19.7. The zero-order chi connectivity index (χ0) is 14.6. The molecule has 0 unspecified atom stereocenters. The number of rotatable bonds is 5. The molecule has 1 saturated heterocycles. The Morgan fingerprint density at radius 2 is 1.84 bits per heavy atom. The van der Waals surface area contributed by atoms with Crippen molar-refractivity contribution in [2.45, 2.75) is 39.9 Å². The quantitative estimate of drug-likeness (QED) is 0.454. The number of nitrogens with one attached hydrogen (secondary N) is 1. The number of carbonyl (C=O) groups excluding carboxylic acids is 3. The van der Waals surface area contributed by atoms with Crippen LogP contribution in [0.2, 0.25) is 0 Å². The van der Waals surface area contributed by atoms with Crippen LogP contribution in [0.15, 0.2) is 11.8 Å². The smallest absolute Gasteiger partial charge is 0.331 e. The van der Waals surface area contributed by atoms with Crippen molar-refractivity contribution in [2.75, 3.05) is 6.54 Å². The van der Waals surface area contributed by atoms with E-state index in [0.717, 1.165) is 6.42 Å². The highest BCUT2D eigenvalue weighted by molar-refractivity contribution is 6.19. The third kappa shape index (κ3) is 4.08. The first kappa shape index (κ1) is 15.2. The van der Waals surface area contributed by atoms with Gasteiger partial charge in [0, 0.05) is 32.2 Å². The van der Waals surface area contributed by atoms with Crippen LogP contribution in [0.1, 0.15) is 34.1 Å². The van der Waals surface area contributed by atoms with E-state index in [1.54, 1.807) is 6.92 Å². The molecule has 0 aromatic heterocycles. The van der Waals surface area contributed by atoms with Crippen LogP contribution >= 0.6 is 0 Å². The summed E-state index contributed by atoms with van der Waals surface area (Å²) in [6.45, 7) is 7.26. The summed E-state index contributed by atoms with van der Waals surface area (Å²) < 4.78 is 9.78. The van der Waals surface area contributed by atoms with Crippen molar-refractivity contribution in [1.82, 2.24) is 5.32 Å². The molecule has 0 spiro atoms. The second kappa shape index (κ2) is 5.86. The van der Waals surface area contributed by atoms with E-state index in [1.165, 1.54) is 19.9 Å². The lowest BCUT2D eigenvalue weighted by Crippen LogP contribution is -2.48. The molecule has 1 aliphatic heterocycles. The van der Waals surface area contributed by atoms with Gasteiger partial charge in [-0.2, -0.15) is 0 Å². The molecule has 0 amide bonds. The largest absolute Gasteiger partial charge is 0.422 e. The van der Waals surface area contributed by atoms with E-state index < -0.39 is 29.4 Å². The maximum atomic E-state index is 11.9. The first-order valence-corrected chi connectivity index (χ1v) is 6.18. The molecule has 0 aromatic rings. The summed E-state index contributed by atoms with van der Waals surface area (Å²) in [5.41, 5.74) is 0.595. The minimum atomic E-state index is -1.52. The fourth-order valence-electron chi connectivity index (χ4n) is 1.62. The summed E-state index contributed by atoms with van der Waals surface area (Å²) in [7, 11) is 0. The summed E-state index contributed by atoms with van der Waals surface area (Å²) in [6.07, 6.45) is 2.13. The minimum absolute atomic E-state index is 0.595. The molecule has 19 heavy (non-hydrogen) atoms. The Bertz CT molecular complexity index is 405. The lowest BCUT2D eigenvalue weighted by Gasteiger charge is -2.31. The Labute approximate surface area is 112 Å². The Kier molecular flexibility index (Phi) is 4.69. The van der Waals surface area contributed by atoms with E-state index in [4.69, 9.17) is 9.47 Å². The molecule has 0 aliphatic carbocycles. The molecule has 6 heteroatoms. The maximum Gasteiger partial charge on any atom is 0.331 e.